The average molecular weight is 215 g/mol. The first-order chi connectivity index (χ1) is 6.79. The van der Waals surface area contributed by atoms with Crippen LogP contribution in [0.2, 0.25) is 5.02 Å². The van der Waals surface area contributed by atoms with E-state index in [9.17, 15) is 0 Å². The zero-order valence-corrected chi connectivity index (χ0v) is 8.33. The van der Waals surface area contributed by atoms with Gasteiger partial charge in [-0.25, -0.2) is 4.98 Å². The van der Waals surface area contributed by atoms with E-state index in [1.807, 2.05) is 0 Å². The predicted octanol–water partition coefficient (Wildman–Crippen LogP) is 0.971. The maximum atomic E-state index is 5.95. The van der Waals surface area contributed by atoms with Gasteiger partial charge in [-0.3, -0.25) is 0 Å². The molecule has 2 heterocycles. The highest BCUT2D eigenvalue weighted by molar-refractivity contribution is 6.31. The fourth-order valence-electron chi connectivity index (χ4n) is 1.10. The van der Waals surface area contributed by atoms with Gasteiger partial charge < -0.3 is 15.2 Å². The molecule has 0 spiro atoms. The first kappa shape index (κ1) is 9.71. The van der Waals surface area contributed by atoms with E-state index in [2.05, 4.69) is 4.98 Å². The van der Waals surface area contributed by atoms with Gasteiger partial charge in [0.15, 0.2) is 0 Å². The van der Waals surface area contributed by atoms with Gasteiger partial charge in [-0.15, -0.1) is 0 Å². The summed E-state index contributed by atoms with van der Waals surface area (Å²) in [4.78, 5) is 4.08. The van der Waals surface area contributed by atoms with Crippen LogP contribution >= 0.6 is 11.6 Å². The molecule has 1 aromatic rings. The Morgan fingerprint density at radius 3 is 2.93 bits per heavy atom. The van der Waals surface area contributed by atoms with E-state index in [1.54, 1.807) is 12.3 Å². The van der Waals surface area contributed by atoms with E-state index >= 15 is 0 Å². The minimum Gasteiger partial charge on any atom is -0.468 e. The van der Waals surface area contributed by atoms with E-state index in [1.165, 1.54) is 0 Å². The maximum absolute atomic E-state index is 5.95. The van der Waals surface area contributed by atoms with Gasteiger partial charge in [-0.2, -0.15) is 0 Å². The second-order valence-electron chi connectivity index (χ2n) is 3.11. The van der Waals surface area contributed by atoms with Gasteiger partial charge >= 0.3 is 0 Å². The molecule has 0 radical (unpaired) electrons. The largest absolute Gasteiger partial charge is 0.468 e. The molecule has 2 rings (SSSR count). The number of rotatable bonds is 3. The number of aromatic nitrogens is 1. The van der Waals surface area contributed by atoms with Crippen LogP contribution in [0.5, 0.6) is 5.88 Å². The Hall–Kier alpha value is -0.840. The molecule has 1 aromatic heterocycles. The number of hydrogen-bond donors (Lipinski definition) is 1. The van der Waals surface area contributed by atoms with Gasteiger partial charge in [0.2, 0.25) is 5.88 Å². The number of pyridine rings is 1. The van der Waals surface area contributed by atoms with Crippen LogP contribution in [0.4, 0.5) is 0 Å². The molecular formula is C9H11ClN2O2. The van der Waals surface area contributed by atoms with Gasteiger partial charge in [-0.1, -0.05) is 11.6 Å². The van der Waals surface area contributed by atoms with E-state index in [0.29, 0.717) is 30.7 Å². The SMILES string of the molecule is NCc1cnc(OC2COC2)c(Cl)c1. The Balaban J connectivity index is 2.09. The smallest absolute Gasteiger partial charge is 0.233 e. The Kier molecular flexibility index (Phi) is 2.86. The summed E-state index contributed by atoms with van der Waals surface area (Å²) in [6.07, 6.45) is 1.75. The number of halogens is 1. The number of nitrogens with two attached hydrogens (primary N) is 1. The summed E-state index contributed by atoms with van der Waals surface area (Å²) in [6, 6.07) is 1.77. The summed E-state index contributed by atoms with van der Waals surface area (Å²) < 4.78 is 10.4. The predicted molar refractivity (Wildman–Crippen MR) is 52.4 cm³/mol. The Morgan fingerprint density at radius 2 is 2.43 bits per heavy atom. The molecule has 2 N–H and O–H groups in total. The lowest BCUT2D eigenvalue weighted by Gasteiger charge is -2.26. The van der Waals surface area contributed by atoms with Crippen LogP contribution in [-0.2, 0) is 11.3 Å². The summed E-state index contributed by atoms with van der Waals surface area (Å²) in [5.41, 5.74) is 6.34. The fraction of sp³-hybridized carbons (Fsp3) is 0.444. The minimum absolute atomic E-state index is 0.0868. The summed E-state index contributed by atoms with van der Waals surface area (Å²) >= 11 is 5.95. The third kappa shape index (κ3) is 1.97. The Morgan fingerprint density at radius 1 is 1.64 bits per heavy atom. The van der Waals surface area contributed by atoms with Gasteiger partial charge in [-0.05, 0) is 11.6 Å². The van der Waals surface area contributed by atoms with Crippen molar-refractivity contribution in [2.24, 2.45) is 5.73 Å². The first-order valence-corrected chi connectivity index (χ1v) is 4.76. The summed E-state index contributed by atoms with van der Waals surface area (Å²) in [5, 5.41) is 0.500. The third-order valence-electron chi connectivity index (χ3n) is 1.99. The maximum Gasteiger partial charge on any atom is 0.233 e. The molecule has 0 bridgehead atoms. The van der Waals surface area contributed by atoms with Gasteiger partial charge in [0.05, 0.1) is 13.2 Å². The van der Waals surface area contributed by atoms with Crippen molar-refractivity contribution in [2.75, 3.05) is 13.2 Å². The highest BCUT2D eigenvalue weighted by Gasteiger charge is 2.21. The van der Waals surface area contributed by atoms with E-state index < -0.39 is 0 Å². The molecule has 0 atom stereocenters. The van der Waals surface area contributed by atoms with Crippen LogP contribution in [0.1, 0.15) is 5.56 Å². The quantitative estimate of drug-likeness (QED) is 0.815. The molecular weight excluding hydrogens is 204 g/mol. The topological polar surface area (TPSA) is 57.4 Å². The molecule has 0 saturated carbocycles. The van der Waals surface area contributed by atoms with Crippen molar-refractivity contribution in [2.45, 2.75) is 12.6 Å². The molecule has 1 fully saturated rings. The monoisotopic (exact) mass is 214 g/mol. The molecule has 4 nitrogen and oxygen atoms in total. The van der Waals surface area contributed by atoms with Crippen LogP contribution in [0.3, 0.4) is 0 Å². The Labute approximate surface area is 87.0 Å². The van der Waals surface area contributed by atoms with Crippen molar-refractivity contribution in [3.8, 4) is 5.88 Å². The van der Waals surface area contributed by atoms with Crippen LogP contribution in [-0.4, -0.2) is 24.3 Å². The van der Waals surface area contributed by atoms with Crippen molar-refractivity contribution in [3.05, 3.63) is 22.8 Å². The zero-order valence-electron chi connectivity index (χ0n) is 7.57. The lowest BCUT2D eigenvalue weighted by molar-refractivity contribution is -0.0813. The van der Waals surface area contributed by atoms with Crippen molar-refractivity contribution >= 4 is 11.6 Å². The number of hydrogen-bond acceptors (Lipinski definition) is 4. The standard InChI is InChI=1S/C9H11ClN2O2/c10-8-1-6(2-11)3-12-9(8)14-7-4-13-5-7/h1,3,7H,2,4-5,11H2. The highest BCUT2D eigenvalue weighted by atomic mass is 35.5. The fourth-order valence-corrected chi connectivity index (χ4v) is 1.34. The molecule has 0 aromatic carbocycles. The minimum atomic E-state index is 0.0868. The van der Waals surface area contributed by atoms with Gasteiger partial charge in [0.1, 0.15) is 11.1 Å². The lowest BCUT2D eigenvalue weighted by atomic mass is 10.3. The third-order valence-corrected chi connectivity index (χ3v) is 2.26. The molecule has 0 aliphatic carbocycles. The van der Waals surface area contributed by atoms with E-state index in [0.717, 1.165) is 5.56 Å². The van der Waals surface area contributed by atoms with Gasteiger partial charge in [0.25, 0.3) is 0 Å². The molecule has 1 aliphatic rings. The molecule has 1 aliphatic heterocycles. The number of nitrogens with zero attached hydrogens (tertiary/aromatic N) is 1. The number of ether oxygens (including phenoxy) is 2. The van der Waals surface area contributed by atoms with Crippen molar-refractivity contribution < 1.29 is 9.47 Å². The molecule has 14 heavy (non-hydrogen) atoms. The van der Waals surface area contributed by atoms with Crippen LogP contribution in [0.15, 0.2) is 12.3 Å². The Bertz CT molecular complexity index is 329. The van der Waals surface area contributed by atoms with Crippen LogP contribution in [0, 0.1) is 0 Å². The second-order valence-corrected chi connectivity index (χ2v) is 3.52. The van der Waals surface area contributed by atoms with Crippen molar-refractivity contribution in [1.82, 2.24) is 4.98 Å². The van der Waals surface area contributed by atoms with Crippen LogP contribution in [0.25, 0.3) is 0 Å². The molecule has 0 amide bonds. The van der Waals surface area contributed by atoms with Crippen molar-refractivity contribution in [1.29, 1.82) is 0 Å². The van der Waals surface area contributed by atoms with Crippen molar-refractivity contribution in [3.63, 3.8) is 0 Å². The summed E-state index contributed by atoms with van der Waals surface area (Å²) in [6.45, 7) is 1.65. The lowest BCUT2D eigenvalue weighted by Crippen LogP contribution is -2.38. The zero-order chi connectivity index (χ0) is 9.97. The average Bonchev–Trinajstić information content (AvgIpc) is 2.13. The second kappa shape index (κ2) is 4.13. The summed E-state index contributed by atoms with van der Waals surface area (Å²) in [7, 11) is 0. The van der Waals surface area contributed by atoms with E-state index in [4.69, 9.17) is 26.8 Å². The molecule has 5 heteroatoms. The summed E-state index contributed by atoms with van der Waals surface area (Å²) in [5.74, 6) is 0.456. The first-order valence-electron chi connectivity index (χ1n) is 4.38. The normalized spacial score (nSPS) is 16.4. The van der Waals surface area contributed by atoms with E-state index in [-0.39, 0.29) is 6.10 Å². The highest BCUT2D eigenvalue weighted by Crippen LogP contribution is 2.24. The van der Waals surface area contributed by atoms with Crippen LogP contribution < -0.4 is 10.5 Å². The molecule has 1 saturated heterocycles. The molecule has 76 valence electrons. The molecule has 0 unspecified atom stereocenters. The van der Waals surface area contributed by atoms with Gasteiger partial charge in [0, 0.05) is 12.7 Å².